The highest BCUT2D eigenvalue weighted by molar-refractivity contribution is 6.39. The van der Waals surface area contributed by atoms with Crippen LogP contribution in [0, 0.1) is 5.41 Å². The summed E-state index contributed by atoms with van der Waals surface area (Å²) in [6.45, 7) is 1.10. The maximum Gasteiger partial charge on any atom is 0.313 e. The fourth-order valence-corrected chi connectivity index (χ4v) is 3.83. The summed E-state index contributed by atoms with van der Waals surface area (Å²) in [7, 11) is 0. The molecule has 7 heteroatoms. The minimum atomic E-state index is -0.703. The first-order valence-corrected chi connectivity index (χ1v) is 9.18. The monoisotopic (exact) mass is 357 g/mol. The van der Waals surface area contributed by atoms with Crippen molar-refractivity contribution in [2.45, 2.75) is 38.5 Å². The molecule has 1 aromatic carbocycles. The van der Waals surface area contributed by atoms with Crippen molar-refractivity contribution in [1.29, 1.82) is 0 Å². The van der Waals surface area contributed by atoms with Crippen LogP contribution in [0.25, 0.3) is 0 Å². The summed E-state index contributed by atoms with van der Waals surface area (Å²) in [4.78, 5) is 38.2. The molecule has 138 valence electrons. The van der Waals surface area contributed by atoms with E-state index in [1.807, 2.05) is 17.0 Å². The molecule has 26 heavy (non-hydrogen) atoms. The Balaban J connectivity index is 1.46. The number of nitrogens with zero attached hydrogens (tertiary/aromatic N) is 1. The molecule has 0 atom stereocenters. The van der Waals surface area contributed by atoms with Crippen molar-refractivity contribution in [2.24, 2.45) is 5.41 Å². The van der Waals surface area contributed by atoms with Crippen LogP contribution in [0.4, 0.5) is 11.4 Å². The van der Waals surface area contributed by atoms with E-state index in [9.17, 15) is 19.5 Å². The van der Waals surface area contributed by atoms with Crippen molar-refractivity contribution >= 4 is 29.1 Å². The molecule has 3 N–H and O–H groups in total. The minimum Gasteiger partial charge on any atom is -0.396 e. The lowest BCUT2D eigenvalue weighted by Gasteiger charge is -2.35. The maximum absolute atomic E-state index is 12.2. The molecular weight excluding hydrogens is 334 g/mol. The zero-order chi connectivity index (χ0) is 18.3. The molecule has 0 aromatic heterocycles. The molecule has 0 bridgehead atoms. The van der Waals surface area contributed by atoms with Gasteiger partial charge in [-0.05, 0) is 55.4 Å². The topological polar surface area (TPSA) is 98.7 Å². The lowest BCUT2D eigenvalue weighted by atomic mass is 9.91. The number of aliphatic hydroxyl groups excluding tert-OH is 1. The summed E-state index contributed by atoms with van der Waals surface area (Å²) >= 11 is 0. The highest BCUT2D eigenvalue weighted by atomic mass is 16.3. The van der Waals surface area contributed by atoms with Gasteiger partial charge in [0.05, 0.1) is 12.3 Å². The van der Waals surface area contributed by atoms with Crippen molar-refractivity contribution in [3.63, 3.8) is 0 Å². The summed E-state index contributed by atoms with van der Waals surface area (Å²) < 4.78 is 0. The molecular formula is C19H23N3O4. The summed E-state index contributed by atoms with van der Waals surface area (Å²) in [6, 6.07) is 3.73. The van der Waals surface area contributed by atoms with Crippen molar-refractivity contribution in [2.75, 3.05) is 29.9 Å². The van der Waals surface area contributed by atoms with E-state index >= 15 is 0 Å². The lowest BCUT2D eigenvalue weighted by molar-refractivity contribution is -0.136. The van der Waals surface area contributed by atoms with Gasteiger partial charge in [0, 0.05) is 30.6 Å². The molecule has 1 aromatic rings. The SMILES string of the molecule is O=C(NCC1(CO)CC1)C(=O)Nc1cc2c3c(c1)CCC(=O)N3CCC2. The number of anilines is 2. The van der Waals surface area contributed by atoms with Crippen LogP contribution in [0.5, 0.6) is 0 Å². The molecule has 0 radical (unpaired) electrons. The molecule has 1 fully saturated rings. The predicted octanol–water partition coefficient (Wildman–Crippen LogP) is 0.739. The molecule has 0 spiro atoms. The van der Waals surface area contributed by atoms with Crippen molar-refractivity contribution < 1.29 is 19.5 Å². The average molecular weight is 357 g/mol. The average Bonchev–Trinajstić information content (AvgIpc) is 3.43. The van der Waals surface area contributed by atoms with E-state index < -0.39 is 11.8 Å². The fraction of sp³-hybridized carbons (Fsp3) is 0.526. The fourth-order valence-electron chi connectivity index (χ4n) is 3.83. The van der Waals surface area contributed by atoms with E-state index in [2.05, 4.69) is 10.6 Å². The number of amides is 3. The Hall–Kier alpha value is -2.41. The first kappa shape index (κ1) is 17.0. The Morgan fingerprint density at radius 2 is 1.85 bits per heavy atom. The van der Waals surface area contributed by atoms with Crippen LogP contribution in [0.1, 0.15) is 36.8 Å². The second-order valence-corrected chi connectivity index (χ2v) is 7.59. The summed E-state index contributed by atoms with van der Waals surface area (Å²) in [5.41, 5.74) is 3.46. The molecule has 4 rings (SSSR count). The van der Waals surface area contributed by atoms with Crippen molar-refractivity contribution in [1.82, 2.24) is 5.32 Å². The smallest absolute Gasteiger partial charge is 0.313 e. The molecule has 0 unspecified atom stereocenters. The maximum atomic E-state index is 12.2. The van der Waals surface area contributed by atoms with Gasteiger partial charge in [0.25, 0.3) is 0 Å². The number of aliphatic hydroxyl groups is 1. The third-order valence-electron chi connectivity index (χ3n) is 5.66. The van der Waals surface area contributed by atoms with E-state index in [0.717, 1.165) is 49.0 Å². The van der Waals surface area contributed by atoms with E-state index in [1.54, 1.807) is 0 Å². The number of hydrogen-bond donors (Lipinski definition) is 3. The number of aryl methyl sites for hydroxylation is 2. The molecule has 2 heterocycles. The number of rotatable bonds is 4. The first-order valence-electron chi connectivity index (χ1n) is 9.18. The van der Waals surface area contributed by atoms with E-state index in [0.29, 0.717) is 25.1 Å². The standard InChI is InChI=1S/C19H23N3O4/c23-11-19(5-6-19)10-20-17(25)18(26)21-14-8-12-2-1-7-22-15(24)4-3-13(9-14)16(12)22/h8-9,23H,1-7,10-11H2,(H,20,25)(H,21,26). The third kappa shape index (κ3) is 3.07. The van der Waals surface area contributed by atoms with Crippen molar-refractivity contribution in [3.8, 4) is 0 Å². The van der Waals surface area contributed by atoms with Gasteiger partial charge in [0.2, 0.25) is 5.91 Å². The van der Waals surface area contributed by atoms with E-state index in [-0.39, 0.29) is 17.9 Å². The van der Waals surface area contributed by atoms with Gasteiger partial charge < -0.3 is 20.6 Å². The second kappa shape index (κ2) is 6.39. The lowest BCUT2D eigenvalue weighted by Crippen LogP contribution is -2.40. The second-order valence-electron chi connectivity index (χ2n) is 7.59. The van der Waals surface area contributed by atoms with Gasteiger partial charge in [0.1, 0.15) is 0 Å². The van der Waals surface area contributed by atoms with Gasteiger partial charge in [-0.15, -0.1) is 0 Å². The number of benzene rings is 1. The van der Waals surface area contributed by atoms with Crippen LogP contribution in [-0.4, -0.2) is 42.5 Å². The molecule has 1 saturated carbocycles. The Morgan fingerprint density at radius 1 is 1.12 bits per heavy atom. The van der Waals surface area contributed by atoms with Gasteiger partial charge in [-0.3, -0.25) is 14.4 Å². The number of hydrogen-bond acceptors (Lipinski definition) is 4. The molecule has 7 nitrogen and oxygen atoms in total. The van der Waals surface area contributed by atoms with E-state index in [1.165, 1.54) is 0 Å². The van der Waals surface area contributed by atoms with Crippen LogP contribution in [0.2, 0.25) is 0 Å². The molecule has 3 aliphatic rings. The predicted molar refractivity (Wildman–Crippen MR) is 95.8 cm³/mol. The summed E-state index contributed by atoms with van der Waals surface area (Å²) in [5.74, 6) is -1.23. The third-order valence-corrected chi connectivity index (χ3v) is 5.66. The minimum absolute atomic E-state index is 0.0261. The molecule has 3 amide bonds. The zero-order valence-corrected chi connectivity index (χ0v) is 14.6. The number of nitrogens with one attached hydrogen (secondary N) is 2. The summed E-state index contributed by atoms with van der Waals surface area (Å²) in [6.07, 6.45) is 4.64. The van der Waals surface area contributed by atoms with Crippen LogP contribution in [0.15, 0.2) is 12.1 Å². The Labute approximate surface area is 151 Å². The zero-order valence-electron chi connectivity index (χ0n) is 14.6. The normalized spacial score (nSPS) is 19.6. The van der Waals surface area contributed by atoms with Gasteiger partial charge in [-0.25, -0.2) is 0 Å². The quantitative estimate of drug-likeness (QED) is 0.692. The van der Waals surface area contributed by atoms with Crippen molar-refractivity contribution in [3.05, 3.63) is 23.3 Å². The summed E-state index contributed by atoms with van der Waals surface area (Å²) in [5, 5.41) is 14.6. The Morgan fingerprint density at radius 3 is 2.54 bits per heavy atom. The van der Waals surface area contributed by atoms with Gasteiger partial charge in [-0.2, -0.15) is 0 Å². The van der Waals surface area contributed by atoms with Gasteiger partial charge >= 0.3 is 11.8 Å². The van der Waals surface area contributed by atoms with Crippen LogP contribution >= 0.6 is 0 Å². The van der Waals surface area contributed by atoms with E-state index in [4.69, 9.17) is 0 Å². The molecule has 0 saturated heterocycles. The Kier molecular flexibility index (Phi) is 4.19. The van der Waals surface area contributed by atoms with Crippen LogP contribution in [0.3, 0.4) is 0 Å². The first-order chi connectivity index (χ1) is 12.5. The van der Waals surface area contributed by atoms with Gasteiger partial charge in [0.15, 0.2) is 0 Å². The van der Waals surface area contributed by atoms with Crippen LogP contribution in [-0.2, 0) is 27.2 Å². The number of carbonyl (C=O) groups excluding carboxylic acids is 3. The highest BCUT2D eigenvalue weighted by Crippen LogP contribution is 2.44. The molecule has 2 aliphatic heterocycles. The number of carbonyl (C=O) groups is 3. The Bertz CT molecular complexity index is 768. The highest BCUT2D eigenvalue weighted by Gasteiger charge is 2.42. The largest absolute Gasteiger partial charge is 0.396 e. The molecule has 1 aliphatic carbocycles. The van der Waals surface area contributed by atoms with Gasteiger partial charge in [-0.1, -0.05) is 0 Å². The van der Waals surface area contributed by atoms with Crippen LogP contribution < -0.4 is 15.5 Å².